The number of nitrogens with zero attached hydrogens (tertiary/aromatic N) is 1. The summed E-state index contributed by atoms with van der Waals surface area (Å²) < 4.78 is 0. The lowest BCUT2D eigenvalue weighted by molar-refractivity contribution is 0.0698. The van der Waals surface area contributed by atoms with Crippen LogP contribution in [0, 0.1) is 0 Å². The minimum Gasteiger partial charge on any atom is -0.478 e. The van der Waals surface area contributed by atoms with Crippen LogP contribution in [-0.4, -0.2) is 17.6 Å². The van der Waals surface area contributed by atoms with Crippen LogP contribution in [0.4, 0.5) is 11.4 Å². The molecule has 98 valence electrons. The molecule has 1 aliphatic rings. The number of aromatic carboxylic acids is 1. The standard InChI is InChI=1S/C14H14N2O2S/c15-12-2-1-10(7-11(12)14(17)18)16-5-3-13-9(8-16)4-6-19-13/h1-2,4,6-7H,3,5,8,15H2,(H,17,18). The van der Waals surface area contributed by atoms with Gasteiger partial charge < -0.3 is 15.7 Å². The van der Waals surface area contributed by atoms with Crippen molar-refractivity contribution in [1.29, 1.82) is 0 Å². The molecule has 5 heteroatoms. The van der Waals surface area contributed by atoms with Gasteiger partial charge in [0.1, 0.15) is 0 Å². The Balaban J connectivity index is 1.92. The highest BCUT2D eigenvalue weighted by molar-refractivity contribution is 7.10. The molecule has 0 spiro atoms. The van der Waals surface area contributed by atoms with Gasteiger partial charge >= 0.3 is 5.97 Å². The lowest BCUT2D eigenvalue weighted by atomic mass is 10.1. The fraction of sp³-hybridized carbons (Fsp3) is 0.214. The van der Waals surface area contributed by atoms with Crippen LogP contribution in [0.5, 0.6) is 0 Å². The van der Waals surface area contributed by atoms with Gasteiger partial charge in [0.25, 0.3) is 0 Å². The van der Waals surface area contributed by atoms with Crippen molar-refractivity contribution in [2.45, 2.75) is 13.0 Å². The number of nitrogen functional groups attached to an aromatic ring is 1. The maximum atomic E-state index is 11.1. The molecule has 3 rings (SSSR count). The first-order chi connectivity index (χ1) is 9.15. The highest BCUT2D eigenvalue weighted by Crippen LogP contribution is 2.29. The second-order valence-corrected chi connectivity index (χ2v) is 5.62. The van der Waals surface area contributed by atoms with Crippen LogP contribution in [0.15, 0.2) is 29.6 Å². The molecule has 1 aromatic heterocycles. The number of carbonyl (C=O) groups is 1. The zero-order valence-electron chi connectivity index (χ0n) is 10.3. The SMILES string of the molecule is Nc1ccc(N2CCc3sccc3C2)cc1C(=O)O. The van der Waals surface area contributed by atoms with Crippen molar-refractivity contribution in [2.24, 2.45) is 0 Å². The maximum absolute atomic E-state index is 11.1. The van der Waals surface area contributed by atoms with Gasteiger partial charge in [-0.1, -0.05) is 0 Å². The van der Waals surface area contributed by atoms with E-state index in [2.05, 4.69) is 16.3 Å². The highest BCUT2D eigenvalue weighted by Gasteiger charge is 2.19. The summed E-state index contributed by atoms with van der Waals surface area (Å²) in [6.07, 6.45) is 1.01. The van der Waals surface area contributed by atoms with E-state index in [0.29, 0.717) is 5.69 Å². The number of hydrogen-bond acceptors (Lipinski definition) is 4. The van der Waals surface area contributed by atoms with Gasteiger partial charge in [-0.25, -0.2) is 4.79 Å². The quantitative estimate of drug-likeness (QED) is 0.826. The van der Waals surface area contributed by atoms with Gasteiger partial charge in [0, 0.05) is 29.3 Å². The number of fused-ring (bicyclic) bond motifs is 1. The third-order valence-corrected chi connectivity index (χ3v) is 4.46. The van der Waals surface area contributed by atoms with E-state index in [1.54, 1.807) is 23.5 Å². The summed E-state index contributed by atoms with van der Waals surface area (Å²) in [5.41, 5.74) is 8.42. The summed E-state index contributed by atoms with van der Waals surface area (Å²) in [5, 5.41) is 11.2. The summed E-state index contributed by atoms with van der Waals surface area (Å²) in [4.78, 5) is 14.7. The van der Waals surface area contributed by atoms with E-state index >= 15 is 0 Å². The van der Waals surface area contributed by atoms with Gasteiger partial charge in [-0.05, 0) is 41.6 Å². The maximum Gasteiger partial charge on any atom is 0.337 e. The largest absolute Gasteiger partial charge is 0.478 e. The van der Waals surface area contributed by atoms with Crippen molar-refractivity contribution in [3.63, 3.8) is 0 Å². The predicted octanol–water partition coefficient (Wildman–Crippen LogP) is 2.59. The first-order valence-corrected chi connectivity index (χ1v) is 6.96. The smallest absolute Gasteiger partial charge is 0.337 e. The Morgan fingerprint density at radius 1 is 1.37 bits per heavy atom. The number of rotatable bonds is 2. The zero-order chi connectivity index (χ0) is 13.4. The average molecular weight is 274 g/mol. The molecular formula is C14H14N2O2S. The van der Waals surface area contributed by atoms with E-state index in [1.807, 2.05) is 6.07 Å². The van der Waals surface area contributed by atoms with Crippen LogP contribution in [0.3, 0.4) is 0 Å². The molecule has 2 aromatic rings. The number of carboxylic acid groups (broad SMARTS) is 1. The molecule has 0 aliphatic carbocycles. The minimum atomic E-state index is -0.979. The lowest BCUT2D eigenvalue weighted by Crippen LogP contribution is -2.29. The van der Waals surface area contributed by atoms with Crippen LogP contribution in [0.1, 0.15) is 20.8 Å². The number of thiophene rings is 1. The third-order valence-electron chi connectivity index (χ3n) is 3.44. The molecule has 0 saturated carbocycles. The second kappa shape index (κ2) is 4.59. The molecule has 0 amide bonds. The van der Waals surface area contributed by atoms with Crippen molar-refractivity contribution in [1.82, 2.24) is 0 Å². The predicted molar refractivity (Wildman–Crippen MR) is 76.9 cm³/mol. The molecule has 1 aliphatic heterocycles. The van der Waals surface area contributed by atoms with E-state index < -0.39 is 5.97 Å². The number of benzene rings is 1. The van der Waals surface area contributed by atoms with Crippen molar-refractivity contribution in [3.05, 3.63) is 45.6 Å². The topological polar surface area (TPSA) is 66.6 Å². The Morgan fingerprint density at radius 2 is 2.21 bits per heavy atom. The Hall–Kier alpha value is -2.01. The van der Waals surface area contributed by atoms with Gasteiger partial charge in [0.2, 0.25) is 0 Å². The fourth-order valence-electron chi connectivity index (χ4n) is 2.40. The average Bonchev–Trinajstić information content (AvgIpc) is 2.86. The van der Waals surface area contributed by atoms with Crippen molar-refractivity contribution in [3.8, 4) is 0 Å². The molecule has 0 atom stereocenters. The number of nitrogens with two attached hydrogens (primary N) is 1. The Labute approximate surface area is 115 Å². The summed E-state index contributed by atoms with van der Waals surface area (Å²) in [7, 11) is 0. The van der Waals surface area contributed by atoms with Gasteiger partial charge in [-0.15, -0.1) is 11.3 Å². The van der Waals surface area contributed by atoms with E-state index in [9.17, 15) is 4.79 Å². The molecule has 19 heavy (non-hydrogen) atoms. The Morgan fingerprint density at radius 3 is 3.00 bits per heavy atom. The first-order valence-electron chi connectivity index (χ1n) is 6.08. The van der Waals surface area contributed by atoms with Gasteiger partial charge in [0.05, 0.1) is 5.56 Å². The van der Waals surface area contributed by atoms with Gasteiger partial charge in [-0.3, -0.25) is 0 Å². The number of anilines is 2. The molecule has 4 nitrogen and oxygen atoms in total. The molecule has 0 saturated heterocycles. The fourth-order valence-corrected chi connectivity index (χ4v) is 3.28. The molecule has 0 bridgehead atoms. The molecule has 1 aromatic carbocycles. The number of carboxylic acids is 1. The highest BCUT2D eigenvalue weighted by atomic mass is 32.1. The van der Waals surface area contributed by atoms with E-state index in [0.717, 1.165) is 25.2 Å². The molecular weight excluding hydrogens is 260 g/mol. The summed E-state index contributed by atoms with van der Waals surface area (Å²) >= 11 is 1.79. The normalized spacial score (nSPS) is 14.2. The van der Waals surface area contributed by atoms with Crippen molar-refractivity contribution >= 4 is 28.7 Å². The molecule has 2 heterocycles. The minimum absolute atomic E-state index is 0.175. The molecule has 3 N–H and O–H groups in total. The summed E-state index contributed by atoms with van der Waals surface area (Å²) in [6.45, 7) is 1.75. The van der Waals surface area contributed by atoms with Gasteiger partial charge in [-0.2, -0.15) is 0 Å². The van der Waals surface area contributed by atoms with Crippen LogP contribution in [0.2, 0.25) is 0 Å². The molecule has 0 radical (unpaired) electrons. The van der Waals surface area contributed by atoms with Crippen molar-refractivity contribution in [2.75, 3.05) is 17.2 Å². The van der Waals surface area contributed by atoms with Gasteiger partial charge in [0.15, 0.2) is 0 Å². The second-order valence-electron chi connectivity index (χ2n) is 4.62. The first kappa shape index (κ1) is 12.0. The Kier molecular flexibility index (Phi) is 2.91. The summed E-state index contributed by atoms with van der Waals surface area (Å²) in [6, 6.07) is 7.36. The van der Waals surface area contributed by atoms with Crippen LogP contribution in [0.25, 0.3) is 0 Å². The van der Waals surface area contributed by atoms with E-state index in [1.165, 1.54) is 10.4 Å². The number of hydrogen-bond donors (Lipinski definition) is 2. The molecule has 0 fully saturated rings. The zero-order valence-corrected chi connectivity index (χ0v) is 11.1. The van der Waals surface area contributed by atoms with Crippen LogP contribution in [-0.2, 0) is 13.0 Å². The third kappa shape index (κ3) is 2.17. The van der Waals surface area contributed by atoms with E-state index in [-0.39, 0.29) is 5.56 Å². The molecule has 0 unspecified atom stereocenters. The van der Waals surface area contributed by atoms with Crippen molar-refractivity contribution < 1.29 is 9.90 Å². The van der Waals surface area contributed by atoms with Crippen LogP contribution >= 0.6 is 11.3 Å². The van der Waals surface area contributed by atoms with Crippen LogP contribution < -0.4 is 10.6 Å². The lowest BCUT2D eigenvalue weighted by Gasteiger charge is -2.29. The van der Waals surface area contributed by atoms with E-state index in [4.69, 9.17) is 10.8 Å². The Bertz CT molecular complexity index is 636. The summed E-state index contributed by atoms with van der Waals surface area (Å²) in [5.74, 6) is -0.979. The monoisotopic (exact) mass is 274 g/mol.